The van der Waals surface area contributed by atoms with Crippen LogP contribution in [0.4, 0.5) is 0 Å². The molecular formula is C21H26N4S. The smallest absolute Gasteiger partial charge is 0.0930 e. The van der Waals surface area contributed by atoms with Gasteiger partial charge >= 0.3 is 0 Å². The first kappa shape index (κ1) is 17.6. The Balaban J connectivity index is 1.51. The van der Waals surface area contributed by atoms with Crippen molar-refractivity contribution in [2.75, 3.05) is 0 Å². The molecule has 2 aromatic heterocycles. The number of aromatic nitrogens is 3. The van der Waals surface area contributed by atoms with Gasteiger partial charge in [0.15, 0.2) is 0 Å². The van der Waals surface area contributed by atoms with Gasteiger partial charge in [-0.05, 0) is 77.1 Å². The second kappa shape index (κ2) is 6.39. The van der Waals surface area contributed by atoms with Gasteiger partial charge in [0.05, 0.1) is 27.1 Å². The molecule has 5 heteroatoms. The van der Waals surface area contributed by atoms with Gasteiger partial charge in [0, 0.05) is 16.6 Å². The lowest BCUT2D eigenvalue weighted by atomic mass is 9.74. The molecule has 0 spiro atoms. The van der Waals surface area contributed by atoms with Crippen LogP contribution in [0.1, 0.15) is 46.2 Å². The third-order valence-electron chi connectivity index (χ3n) is 5.12. The Morgan fingerprint density at radius 3 is 2.50 bits per heavy atom. The average molecular weight is 367 g/mol. The molecule has 1 aliphatic rings. The largest absolute Gasteiger partial charge is 0.307 e. The lowest BCUT2D eigenvalue weighted by Gasteiger charge is -2.46. The van der Waals surface area contributed by atoms with Gasteiger partial charge in [-0.3, -0.25) is 0 Å². The van der Waals surface area contributed by atoms with Crippen LogP contribution < -0.4 is 5.32 Å². The number of hydrogen-bond acceptors (Lipinski definition) is 5. The van der Waals surface area contributed by atoms with Gasteiger partial charge in [-0.25, -0.2) is 4.98 Å². The zero-order chi connectivity index (χ0) is 18.4. The van der Waals surface area contributed by atoms with E-state index in [0.717, 1.165) is 28.9 Å². The third kappa shape index (κ3) is 3.79. The SMILES string of the molecule is CC1(C)CC(Cc2ccc(-c3ccc4scnc4c3)nn2)CC(C)(C)N1. The van der Waals surface area contributed by atoms with Crippen LogP contribution in [0.25, 0.3) is 21.5 Å². The van der Waals surface area contributed by atoms with Crippen molar-refractivity contribution >= 4 is 21.6 Å². The van der Waals surface area contributed by atoms with Gasteiger partial charge < -0.3 is 5.32 Å². The van der Waals surface area contributed by atoms with Crippen molar-refractivity contribution in [1.82, 2.24) is 20.5 Å². The summed E-state index contributed by atoms with van der Waals surface area (Å²) in [5, 5.41) is 12.8. The van der Waals surface area contributed by atoms with E-state index in [4.69, 9.17) is 0 Å². The highest BCUT2D eigenvalue weighted by Gasteiger charge is 2.37. The average Bonchev–Trinajstić information content (AvgIpc) is 3.00. The highest BCUT2D eigenvalue weighted by atomic mass is 32.1. The van der Waals surface area contributed by atoms with E-state index in [1.807, 2.05) is 5.51 Å². The fraction of sp³-hybridized carbons (Fsp3) is 0.476. The number of rotatable bonds is 3. The summed E-state index contributed by atoms with van der Waals surface area (Å²) in [7, 11) is 0. The minimum Gasteiger partial charge on any atom is -0.307 e. The van der Waals surface area contributed by atoms with Crippen LogP contribution in [0.3, 0.4) is 0 Å². The molecule has 26 heavy (non-hydrogen) atoms. The fourth-order valence-corrected chi connectivity index (χ4v) is 5.27. The molecule has 0 unspecified atom stereocenters. The van der Waals surface area contributed by atoms with Crippen LogP contribution in [0.5, 0.6) is 0 Å². The van der Waals surface area contributed by atoms with Crippen molar-refractivity contribution < 1.29 is 0 Å². The highest BCUT2D eigenvalue weighted by Crippen LogP contribution is 2.34. The Bertz CT molecular complexity index is 895. The third-order valence-corrected chi connectivity index (χ3v) is 5.93. The molecule has 1 N–H and O–H groups in total. The second-order valence-electron chi connectivity index (χ2n) is 8.82. The van der Waals surface area contributed by atoms with Crippen LogP contribution in [-0.4, -0.2) is 26.3 Å². The Morgan fingerprint density at radius 2 is 1.81 bits per heavy atom. The maximum absolute atomic E-state index is 4.52. The molecule has 4 rings (SSSR count). The zero-order valence-electron chi connectivity index (χ0n) is 15.9. The summed E-state index contributed by atoms with van der Waals surface area (Å²) < 4.78 is 1.20. The van der Waals surface area contributed by atoms with Gasteiger partial charge in [-0.2, -0.15) is 10.2 Å². The lowest BCUT2D eigenvalue weighted by molar-refractivity contribution is 0.128. The number of hydrogen-bond donors (Lipinski definition) is 1. The van der Waals surface area contributed by atoms with Gasteiger partial charge in [0.2, 0.25) is 0 Å². The van der Waals surface area contributed by atoms with E-state index < -0.39 is 0 Å². The Hall–Kier alpha value is -1.85. The summed E-state index contributed by atoms with van der Waals surface area (Å²) in [5.74, 6) is 0.632. The van der Waals surface area contributed by atoms with E-state index in [9.17, 15) is 0 Å². The molecule has 3 heterocycles. The molecule has 1 aliphatic heterocycles. The Morgan fingerprint density at radius 1 is 1.04 bits per heavy atom. The molecule has 1 fully saturated rings. The Labute approximate surface area is 159 Å². The number of benzene rings is 1. The molecule has 3 aromatic rings. The summed E-state index contributed by atoms with van der Waals surface area (Å²) in [4.78, 5) is 4.39. The molecule has 0 saturated carbocycles. The molecule has 136 valence electrons. The molecular weight excluding hydrogens is 340 g/mol. The number of piperidine rings is 1. The maximum Gasteiger partial charge on any atom is 0.0930 e. The minimum absolute atomic E-state index is 0.169. The van der Waals surface area contributed by atoms with Crippen LogP contribution >= 0.6 is 11.3 Å². The summed E-state index contributed by atoms with van der Waals surface area (Å²) >= 11 is 1.66. The summed E-state index contributed by atoms with van der Waals surface area (Å²) in [6, 6.07) is 10.5. The van der Waals surface area contributed by atoms with Crippen LogP contribution in [0.2, 0.25) is 0 Å². The molecule has 0 bridgehead atoms. The van der Waals surface area contributed by atoms with E-state index in [-0.39, 0.29) is 11.1 Å². The first-order chi connectivity index (χ1) is 12.3. The molecule has 0 amide bonds. The standard InChI is InChI=1S/C21H26N4S/c1-20(2)11-14(12-21(3,4)25-20)9-16-6-7-17(24-23-16)15-5-8-19-18(10-15)22-13-26-19/h5-8,10,13-14,25H,9,11-12H2,1-4H3. The van der Waals surface area contributed by atoms with E-state index >= 15 is 0 Å². The van der Waals surface area contributed by atoms with Crippen molar-refractivity contribution in [1.29, 1.82) is 0 Å². The van der Waals surface area contributed by atoms with E-state index in [0.29, 0.717) is 5.92 Å². The van der Waals surface area contributed by atoms with E-state index in [2.05, 4.69) is 78.5 Å². The van der Waals surface area contributed by atoms with Gasteiger partial charge in [0.1, 0.15) is 0 Å². The topological polar surface area (TPSA) is 50.7 Å². The monoisotopic (exact) mass is 366 g/mol. The number of nitrogens with zero attached hydrogens (tertiary/aromatic N) is 3. The number of nitrogens with one attached hydrogen (secondary N) is 1. The number of fused-ring (bicyclic) bond motifs is 1. The first-order valence-electron chi connectivity index (χ1n) is 9.25. The van der Waals surface area contributed by atoms with E-state index in [1.165, 1.54) is 17.5 Å². The molecule has 4 nitrogen and oxygen atoms in total. The quantitative estimate of drug-likeness (QED) is 0.720. The lowest BCUT2D eigenvalue weighted by Crippen LogP contribution is -2.58. The van der Waals surface area contributed by atoms with Crippen molar-refractivity contribution in [2.45, 2.75) is 58.0 Å². The minimum atomic E-state index is 0.169. The number of thiazole rings is 1. The first-order valence-corrected chi connectivity index (χ1v) is 10.1. The maximum atomic E-state index is 4.52. The molecule has 0 atom stereocenters. The highest BCUT2D eigenvalue weighted by molar-refractivity contribution is 7.16. The summed E-state index contributed by atoms with van der Waals surface area (Å²) in [6.45, 7) is 9.18. The van der Waals surface area contributed by atoms with Crippen molar-refractivity contribution in [2.24, 2.45) is 5.92 Å². The van der Waals surface area contributed by atoms with Crippen LogP contribution in [0, 0.1) is 5.92 Å². The second-order valence-corrected chi connectivity index (χ2v) is 9.70. The Kier molecular flexibility index (Phi) is 4.32. The van der Waals surface area contributed by atoms with Crippen LogP contribution in [-0.2, 0) is 6.42 Å². The van der Waals surface area contributed by atoms with Crippen molar-refractivity contribution in [3.05, 3.63) is 41.5 Å². The fourth-order valence-electron chi connectivity index (χ4n) is 4.61. The predicted molar refractivity (Wildman–Crippen MR) is 108 cm³/mol. The van der Waals surface area contributed by atoms with Gasteiger partial charge in [-0.15, -0.1) is 11.3 Å². The molecule has 1 saturated heterocycles. The molecule has 0 radical (unpaired) electrons. The molecule has 0 aliphatic carbocycles. The summed E-state index contributed by atoms with van der Waals surface area (Å²) in [5.41, 5.74) is 6.32. The normalized spacial score (nSPS) is 19.7. The van der Waals surface area contributed by atoms with Gasteiger partial charge in [-0.1, -0.05) is 6.07 Å². The van der Waals surface area contributed by atoms with Crippen molar-refractivity contribution in [3.8, 4) is 11.3 Å². The summed E-state index contributed by atoms with van der Waals surface area (Å²) in [6.07, 6.45) is 3.33. The van der Waals surface area contributed by atoms with Crippen molar-refractivity contribution in [3.63, 3.8) is 0 Å². The zero-order valence-corrected chi connectivity index (χ0v) is 16.7. The molecule has 1 aromatic carbocycles. The van der Waals surface area contributed by atoms with Gasteiger partial charge in [0.25, 0.3) is 0 Å². The van der Waals surface area contributed by atoms with E-state index in [1.54, 1.807) is 11.3 Å². The predicted octanol–water partition coefficient (Wildman–Crippen LogP) is 4.85. The van der Waals surface area contributed by atoms with Crippen LogP contribution in [0.15, 0.2) is 35.8 Å².